The van der Waals surface area contributed by atoms with Gasteiger partial charge in [-0.1, -0.05) is 44.4 Å². The zero-order valence-electron chi connectivity index (χ0n) is 10.3. The van der Waals surface area contributed by atoms with Crippen LogP contribution < -0.4 is 0 Å². The van der Waals surface area contributed by atoms with Crippen molar-refractivity contribution < 1.29 is 0 Å². The summed E-state index contributed by atoms with van der Waals surface area (Å²) in [5.41, 5.74) is 4.87. The van der Waals surface area contributed by atoms with Gasteiger partial charge in [-0.25, -0.2) is 0 Å². The average molecular weight is 202 g/mol. The molecule has 0 heterocycles. The highest BCUT2D eigenvalue weighted by molar-refractivity contribution is 5.34. The van der Waals surface area contributed by atoms with E-state index in [9.17, 15) is 0 Å². The van der Waals surface area contributed by atoms with Gasteiger partial charge in [0.2, 0.25) is 0 Å². The van der Waals surface area contributed by atoms with Crippen molar-refractivity contribution in [1.82, 2.24) is 0 Å². The summed E-state index contributed by atoms with van der Waals surface area (Å²) in [4.78, 5) is 0. The highest BCUT2D eigenvalue weighted by Gasteiger charge is 2.28. The smallest absolute Gasteiger partial charge is 0.00751 e. The Balaban J connectivity index is 2.31. The van der Waals surface area contributed by atoms with Crippen molar-refractivity contribution in [3.63, 3.8) is 0 Å². The Bertz CT molecular complexity index is 343. The number of benzene rings is 1. The van der Waals surface area contributed by atoms with Gasteiger partial charge in [0.1, 0.15) is 0 Å². The van der Waals surface area contributed by atoms with Crippen molar-refractivity contribution in [2.75, 3.05) is 0 Å². The van der Waals surface area contributed by atoms with Gasteiger partial charge in [-0.2, -0.15) is 0 Å². The minimum absolute atomic E-state index is 0.455. The Morgan fingerprint density at radius 2 is 1.60 bits per heavy atom. The Kier molecular flexibility index (Phi) is 2.86. The Labute approximate surface area is 93.7 Å². The van der Waals surface area contributed by atoms with Gasteiger partial charge >= 0.3 is 0 Å². The fourth-order valence-electron chi connectivity index (χ4n) is 2.74. The Morgan fingerprint density at radius 1 is 0.933 bits per heavy atom. The van der Waals surface area contributed by atoms with Crippen molar-refractivity contribution in [3.05, 3.63) is 34.9 Å². The maximum atomic E-state index is 2.44. The number of aryl methyl sites for hydroxylation is 2. The lowest BCUT2D eigenvalue weighted by Gasteiger charge is -2.34. The van der Waals surface area contributed by atoms with E-state index in [0.717, 1.165) is 0 Å². The molecule has 0 nitrogen and oxygen atoms in total. The predicted octanol–water partition coefficient (Wildman–Crippen LogP) is 4.53. The van der Waals surface area contributed by atoms with E-state index in [4.69, 9.17) is 0 Å². The summed E-state index contributed by atoms with van der Waals surface area (Å²) in [5, 5.41) is 0. The molecule has 1 aromatic carbocycles. The first-order chi connectivity index (χ1) is 7.12. The summed E-state index contributed by atoms with van der Waals surface area (Å²) in [6.45, 7) is 6.86. The van der Waals surface area contributed by atoms with Crippen molar-refractivity contribution in [1.29, 1.82) is 0 Å². The topological polar surface area (TPSA) is 0 Å². The van der Waals surface area contributed by atoms with Crippen molar-refractivity contribution in [2.45, 2.75) is 58.3 Å². The van der Waals surface area contributed by atoms with E-state index in [-0.39, 0.29) is 0 Å². The van der Waals surface area contributed by atoms with E-state index in [2.05, 4.69) is 39.0 Å². The third-order valence-corrected chi connectivity index (χ3v) is 4.16. The van der Waals surface area contributed by atoms with Gasteiger partial charge in [-0.15, -0.1) is 0 Å². The quantitative estimate of drug-likeness (QED) is 0.628. The molecule has 0 atom stereocenters. The van der Waals surface area contributed by atoms with Gasteiger partial charge in [0.15, 0.2) is 0 Å². The molecule has 0 radical (unpaired) electrons. The molecule has 1 aliphatic rings. The predicted molar refractivity (Wildman–Crippen MR) is 66.4 cm³/mol. The van der Waals surface area contributed by atoms with E-state index < -0.39 is 0 Å². The minimum Gasteiger partial charge on any atom is -0.0588 e. The largest absolute Gasteiger partial charge is 0.0588 e. The molecule has 0 aliphatic heterocycles. The fourth-order valence-corrected chi connectivity index (χ4v) is 2.74. The summed E-state index contributed by atoms with van der Waals surface area (Å²) < 4.78 is 0. The van der Waals surface area contributed by atoms with E-state index in [1.165, 1.54) is 43.2 Å². The first kappa shape index (κ1) is 10.7. The molecule has 15 heavy (non-hydrogen) atoms. The Morgan fingerprint density at radius 3 is 2.20 bits per heavy atom. The molecule has 82 valence electrons. The molecular formula is C15H22. The molecule has 0 spiro atoms. The standard InChI is InChI=1S/C15H22/c1-12-7-8-14(11-13(12)2)15(3)9-5-4-6-10-15/h7-8,11H,4-6,9-10H2,1-3H3. The van der Waals surface area contributed by atoms with E-state index in [1.807, 2.05) is 0 Å². The van der Waals surface area contributed by atoms with Crippen LogP contribution >= 0.6 is 0 Å². The van der Waals surface area contributed by atoms with Gasteiger partial charge in [-0.3, -0.25) is 0 Å². The molecule has 1 aromatic rings. The lowest BCUT2D eigenvalue weighted by molar-refractivity contribution is 0.319. The van der Waals surface area contributed by atoms with E-state index in [0.29, 0.717) is 5.41 Å². The first-order valence-electron chi connectivity index (χ1n) is 6.20. The Hall–Kier alpha value is -0.780. The molecule has 0 amide bonds. The van der Waals surface area contributed by atoms with Crippen LogP contribution in [0.5, 0.6) is 0 Å². The molecule has 0 unspecified atom stereocenters. The van der Waals surface area contributed by atoms with Gasteiger partial charge in [0, 0.05) is 0 Å². The lowest BCUT2D eigenvalue weighted by atomic mass is 9.70. The zero-order chi connectivity index (χ0) is 10.9. The number of hydrogen-bond acceptors (Lipinski definition) is 0. The van der Waals surface area contributed by atoms with Gasteiger partial charge < -0.3 is 0 Å². The third-order valence-electron chi connectivity index (χ3n) is 4.16. The van der Waals surface area contributed by atoms with Crippen LogP contribution in [0, 0.1) is 13.8 Å². The summed E-state index contributed by atoms with van der Waals surface area (Å²) in [5.74, 6) is 0. The third kappa shape index (κ3) is 2.09. The van der Waals surface area contributed by atoms with Gasteiger partial charge in [-0.05, 0) is 48.8 Å². The molecule has 0 bridgehead atoms. The number of hydrogen-bond donors (Lipinski definition) is 0. The first-order valence-corrected chi connectivity index (χ1v) is 6.20. The lowest BCUT2D eigenvalue weighted by Crippen LogP contribution is -2.25. The highest BCUT2D eigenvalue weighted by Crippen LogP contribution is 2.39. The molecule has 1 saturated carbocycles. The van der Waals surface area contributed by atoms with Gasteiger partial charge in [0.05, 0.1) is 0 Å². The summed E-state index contributed by atoms with van der Waals surface area (Å²) in [6, 6.07) is 7.03. The molecule has 0 saturated heterocycles. The summed E-state index contributed by atoms with van der Waals surface area (Å²) in [6.07, 6.45) is 6.98. The average Bonchev–Trinajstić information content (AvgIpc) is 2.23. The second-order valence-electron chi connectivity index (χ2n) is 5.42. The minimum atomic E-state index is 0.455. The maximum absolute atomic E-state index is 2.44. The molecule has 1 fully saturated rings. The van der Waals surface area contributed by atoms with Crippen LogP contribution in [-0.2, 0) is 5.41 Å². The highest BCUT2D eigenvalue weighted by atomic mass is 14.3. The molecular weight excluding hydrogens is 180 g/mol. The maximum Gasteiger partial charge on any atom is -0.00751 e. The van der Waals surface area contributed by atoms with E-state index >= 15 is 0 Å². The molecule has 2 rings (SSSR count). The molecule has 0 aromatic heterocycles. The van der Waals surface area contributed by atoms with Crippen LogP contribution in [0.2, 0.25) is 0 Å². The van der Waals surface area contributed by atoms with Crippen LogP contribution in [0.3, 0.4) is 0 Å². The van der Waals surface area contributed by atoms with Crippen LogP contribution in [0.15, 0.2) is 18.2 Å². The summed E-state index contributed by atoms with van der Waals surface area (Å²) in [7, 11) is 0. The van der Waals surface area contributed by atoms with E-state index in [1.54, 1.807) is 5.56 Å². The molecule has 0 heteroatoms. The normalized spacial score (nSPS) is 20.2. The van der Waals surface area contributed by atoms with Gasteiger partial charge in [0.25, 0.3) is 0 Å². The van der Waals surface area contributed by atoms with Crippen LogP contribution in [-0.4, -0.2) is 0 Å². The SMILES string of the molecule is Cc1ccc(C2(C)CCCCC2)cc1C. The monoisotopic (exact) mass is 202 g/mol. The van der Waals surface area contributed by atoms with Crippen molar-refractivity contribution in [3.8, 4) is 0 Å². The van der Waals surface area contributed by atoms with Crippen LogP contribution in [0.25, 0.3) is 0 Å². The second-order valence-corrected chi connectivity index (χ2v) is 5.42. The fraction of sp³-hybridized carbons (Fsp3) is 0.600. The zero-order valence-corrected chi connectivity index (χ0v) is 10.3. The molecule has 1 aliphatic carbocycles. The van der Waals surface area contributed by atoms with Crippen molar-refractivity contribution >= 4 is 0 Å². The molecule has 0 N–H and O–H groups in total. The van der Waals surface area contributed by atoms with Crippen LogP contribution in [0.4, 0.5) is 0 Å². The summed E-state index contributed by atoms with van der Waals surface area (Å²) >= 11 is 0. The van der Waals surface area contributed by atoms with Crippen molar-refractivity contribution in [2.24, 2.45) is 0 Å². The second kappa shape index (κ2) is 4.00. The number of rotatable bonds is 1. The van der Waals surface area contributed by atoms with Crippen LogP contribution in [0.1, 0.15) is 55.7 Å².